The molecule has 2 aromatic rings. The lowest BCUT2D eigenvalue weighted by atomic mass is 10.1. The maximum absolute atomic E-state index is 12.7. The largest absolute Gasteiger partial charge is 0.384 e. The molecule has 1 fully saturated rings. The number of carbonyl (C=O) groups excluding carboxylic acids is 2. The minimum absolute atomic E-state index is 0.0620. The third-order valence-electron chi connectivity index (χ3n) is 4.68. The fourth-order valence-electron chi connectivity index (χ4n) is 3.30. The van der Waals surface area contributed by atoms with E-state index in [0.29, 0.717) is 26.2 Å². The number of hydrogen-bond acceptors (Lipinski definition) is 4. The first-order valence-corrected chi connectivity index (χ1v) is 9.14. The lowest BCUT2D eigenvalue weighted by Gasteiger charge is -2.34. The molecule has 0 unspecified atom stereocenters. The van der Waals surface area contributed by atoms with Gasteiger partial charge in [0.25, 0.3) is 11.8 Å². The molecular formula is C18H19N3O2S. The van der Waals surface area contributed by atoms with Crippen LogP contribution >= 0.6 is 11.3 Å². The van der Waals surface area contributed by atoms with Crippen molar-refractivity contribution in [1.82, 2.24) is 9.80 Å². The van der Waals surface area contributed by atoms with Crippen LogP contribution in [0.1, 0.15) is 26.3 Å². The van der Waals surface area contributed by atoms with E-state index in [4.69, 9.17) is 0 Å². The van der Waals surface area contributed by atoms with Gasteiger partial charge in [0, 0.05) is 49.4 Å². The van der Waals surface area contributed by atoms with Crippen molar-refractivity contribution in [2.45, 2.75) is 6.42 Å². The van der Waals surface area contributed by atoms with Gasteiger partial charge in [-0.05, 0) is 41.6 Å². The first-order chi connectivity index (χ1) is 11.7. The molecule has 24 heavy (non-hydrogen) atoms. The van der Waals surface area contributed by atoms with Crippen LogP contribution in [0.25, 0.3) is 0 Å². The summed E-state index contributed by atoms with van der Waals surface area (Å²) in [6.45, 7) is 3.30. The molecule has 0 bridgehead atoms. The third kappa shape index (κ3) is 2.78. The number of nitrogens with one attached hydrogen (secondary N) is 1. The van der Waals surface area contributed by atoms with Crippen LogP contribution in [-0.2, 0) is 6.42 Å². The summed E-state index contributed by atoms with van der Waals surface area (Å²) in [7, 11) is 0. The SMILES string of the molecule is O=C(c1ccsc1)N1CCN(C(=O)c2ccc3c(c2)CCN3)CC1. The number of piperazine rings is 1. The third-order valence-corrected chi connectivity index (χ3v) is 5.37. The number of carbonyl (C=O) groups is 2. The average molecular weight is 341 g/mol. The Morgan fingerprint density at radius 2 is 1.67 bits per heavy atom. The van der Waals surface area contributed by atoms with Crippen LogP contribution in [0.15, 0.2) is 35.0 Å². The first-order valence-electron chi connectivity index (χ1n) is 8.20. The molecule has 1 aromatic carbocycles. The van der Waals surface area contributed by atoms with E-state index in [1.54, 1.807) is 0 Å². The molecule has 1 N–H and O–H groups in total. The van der Waals surface area contributed by atoms with Crippen LogP contribution in [0.4, 0.5) is 5.69 Å². The quantitative estimate of drug-likeness (QED) is 0.912. The van der Waals surface area contributed by atoms with Crippen LogP contribution in [0.2, 0.25) is 0 Å². The Hall–Kier alpha value is -2.34. The Kier molecular flexibility index (Phi) is 3.98. The molecule has 2 aliphatic rings. The summed E-state index contributed by atoms with van der Waals surface area (Å²) in [5, 5.41) is 7.10. The normalized spacial score (nSPS) is 16.7. The minimum Gasteiger partial charge on any atom is -0.384 e. The highest BCUT2D eigenvalue weighted by Crippen LogP contribution is 2.24. The Bertz CT molecular complexity index is 765. The zero-order chi connectivity index (χ0) is 16.5. The van der Waals surface area contributed by atoms with E-state index in [0.717, 1.165) is 29.8 Å². The summed E-state index contributed by atoms with van der Waals surface area (Å²) in [5.41, 5.74) is 3.84. The first kappa shape index (κ1) is 15.2. The van der Waals surface area contributed by atoms with Gasteiger partial charge in [0.2, 0.25) is 0 Å². The van der Waals surface area contributed by atoms with Crippen molar-refractivity contribution in [2.75, 3.05) is 38.0 Å². The number of rotatable bonds is 2. The van der Waals surface area contributed by atoms with Crippen molar-refractivity contribution < 1.29 is 9.59 Å². The highest BCUT2D eigenvalue weighted by Gasteiger charge is 2.26. The summed E-state index contributed by atoms with van der Waals surface area (Å²) < 4.78 is 0. The molecule has 0 saturated carbocycles. The Balaban J connectivity index is 1.40. The molecule has 0 radical (unpaired) electrons. The molecule has 2 aliphatic heterocycles. The molecule has 1 saturated heterocycles. The van der Waals surface area contributed by atoms with Gasteiger partial charge in [-0.15, -0.1) is 0 Å². The maximum Gasteiger partial charge on any atom is 0.254 e. The zero-order valence-corrected chi connectivity index (χ0v) is 14.1. The number of hydrogen-bond donors (Lipinski definition) is 1. The molecule has 1 aromatic heterocycles. The fraction of sp³-hybridized carbons (Fsp3) is 0.333. The van der Waals surface area contributed by atoms with E-state index in [1.165, 1.54) is 16.9 Å². The Morgan fingerprint density at radius 1 is 0.958 bits per heavy atom. The summed E-state index contributed by atoms with van der Waals surface area (Å²) in [4.78, 5) is 28.7. The van der Waals surface area contributed by atoms with E-state index in [-0.39, 0.29) is 11.8 Å². The second kappa shape index (κ2) is 6.28. The van der Waals surface area contributed by atoms with Crippen molar-refractivity contribution in [3.8, 4) is 0 Å². The van der Waals surface area contributed by atoms with Gasteiger partial charge in [0.15, 0.2) is 0 Å². The van der Waals surface area contributed by atoms with Crippen LogP contribution in [0, 0.1) is 0 Å². The van der Waals surface area contributed by atoms with Gasteiger partial charge in [-0.2, -0.15) is 11.3 Å². The van der Waals surface area contributed by atoms with Crippen LogP contribution in [0.3, 0.4) is 0 Å². The summed E-state index contributed by atoms with van der Waals surface area (Å²) in [5.74, 6) is 0.124. The highest BCUT2D eigenvalue weighted by molar-refractivity contribution is 7.08. The number of fused-ring (bicyclic) bond motifs is 1. The predicted molar refractivity (Wildman–Crippen MR) is 94.8 cm³/mol. The molecule has 4 rings (SSSR count). The molecule has 124 valence electrons. The highest BCUT2D eigenvalue weighted by atomic mass is 32.1. The van der Waals surface area contributed by atoms with Gasteiger partial charge in [-0.1, -0.05) is 0 Å². The van der Waals surface area contributed by atoms with Gasteiger partial charge in [0.05, 0.1) is 5.56 Å². The van der Waals surface area contributed by atoms with Gasteiger partial charge in [-0.25, -0.2) is 0 Å². The maximum atomic E-state index is 12.7. The van der Waals surface area contributed by atoms with Crippen LogP contribution in [0.5, 0.6) is 0 Å². The molecule has 3 heterocycles. The van der Waals surface area contributed by atoms with Crippen molar-refractivity contribution >= 4 is 28.8 Å². The summed E-state index contributed by atoms with van der Waals surface area (Å²) in [6, 6.07) is 7.73. The number of amides is 2. The van der Waals surface area contributed by atoms with E-state index in [9.17, 15) is 9.59 Å². The topological polar surface area (TPSA) is 52.7 Å². The second-order valence-corrected chi connectivity index (χ2v) is 6.93. The molecule has 0 atom stereocenters. The molecular weight excluding hydrogens is 322 g/mol. The fourth-order valence-corrected chi connectivity index (χ4v) is 3.93. The van der Waals surface area contributed by atoms with Crippen LogP contribution < -0.4 is 5.32 Å². The number of nitrogens with zero attached hydrogens (tertiary/aromatic N) is 2. The monoisotopic (exact) mass is 341 g/mol. The smallest absolute Gasteiger partial charge is 0.254 e. The predicted octanol–water partition coefficient (Wildman–Crippen LogP) is 2.31. The number of anilines is 1. The van der Waals surface area contributed by atoms with Crippen molar-refractivity contribution in [1.29, 1.82) is 0 Å². The minimum atomic E-state index is 0.0620. The van der Waals surface area contributed by atoms with Crippen LogP contribution in [-0.4, -0.2) is 54.3 Å². The van der Waals surface area contributed by atoms with E-state index in [1.807, 2.05) is 44.8 Å². The summed E-state index contributed by atoms with van der Waals surface area (Å²) >= 11 is 1.53. The molecule has 0 aliphatic carbocycles. The van der Waals surface area contributed by atoms with Gasteiger partial charge in [0.1, 0.15) is 0 Å². The van der Waals surface area contributed by atoms with E-state index < -0.39 is 0 Å². The van der Waals surface area contributed by atoms with Gasteiger partial charge < -0.3 is 15.1 Å². The van der Waals surface area contributed by atoms with Gasteiger partial charge >= 0.3 is 0 Å². The molecule has 5 nitrogen and oxygen atoms in total. The van der Waals surface area contributed by atoms with Gasteiger partial charge in [-0.3, -0.25) is 9.59 Å². The molecule has 0 spiro atoms. The number of thiophene rings is 1. The molecule has 6 heteroatoms. The second-order valence-electron chi connectivity index (χ2n) is 6.15. The van der Waals surface area contributed by atoms with Crippen molar-refractivity contribution in [2.24, 2.45) is 0 Å². The summed E-state index contributed by atoms with van der Waals surface area (Å²) in [6.07, 6.45) is 0.972. The number of benzene rings is 1. The molecule has 2 amide bonds. The van der Waals surface area contributed by atoms with Crippen molar-refractivity contribution in [3.63, 3.8) is 0 Å². The Labute approximate surface area is 144 Å². The van der Waals surface area contributed by atoms with E-state index in [2.05, 4.69) is 5.32 Å². The lowest BCUT2D eigenvalue weighted by Crippen LogP contribution is -2.50. The standard InChI is InChI=1S/C18H19N3O2S/c22-17(14-1-2-16-13(11-14)3-5-19-16)20-6-8-21(9-7-20)18(23)15-4-10-24-12-15/h1-2,4,10-12,19H,3,5-9H2. The lowest BCUT2D eigenvalue weighted by molar-refractivity contribution is 0.0536. The van der Waals surface area contributed by atoms with Crippen molar-refractivity contribution in [3.05, 3.63) is 51.7 Å². The average Bonchev–Trinajstić information content (AvgIpc) is 3.31. The zero-order valence-electron chi connectivity index (χ0n) is 13.3. The Morgan fingerprint density at radius 3 is 2.33 bits per heavy atom. The van der Waals surface area contributed by atoms with E-state index >= 15 is 0 Å².